The summed E-state index contributed by atoms with van der Waals surface area (Å²) in [6, 6.07) is 5.95. The van der Waals surface area contributed by atoms with Crippen LogP contribution < -0.4 is 22.1 Å². The highest BCUT2D eigenvalue weighted by atomic mass is 35.5. The molecular weight excluding hydrogens is 280 g/mol. The molecule has 20 heavy (non-hydrogen) atoms. The standard InChI is InChI=1S/C13H18N4O2.ClH/c14-11(8-4-5-8)7-16-12(18)9-2-1-3-10(6-9)17-13(15)19;/h1-3,6,8,11H,4-5,7,14H2,(H,16,18)(H3,15,17,19);1H. The molecule has 0 radical (unpaired) electrons. The molecule has 6 N–H and O–H groups in total. The molecule has 1 aliphatic carbocycles. The smallest absolute Gasteiger partial charge is 0.316 e. The highest BCUT2D eigenvalue weighted by molar-refractivity contribution is 5.96. The number of benzene rings is 1. The molecule has 0 spiro atoms. The Balaban J connectivity index is 0.00000200. The Morgan fingerprint density at radius 1 is 1.35 bits per heavy atom. The van der Waals surface area contributed by atoms with Gasteiger partial charge in [0.25, 0.3) is 5.91 Å². The summed E-state index contributed by atoms with van der Waals surface area (Å²) in [6.45, 7) is 0.469. The number of amides is 3. The van der Waals surface area contributed by atoms with Gasteiger partial charge in [0.2, 0.25) is 0 Å². The zero-order valence-corrected chi connectivity index (χ0v) is 11.8. The van der Waals surface area contributed by atoms with Crippen LogP contribution in [0.2, 0.25) is 0 Å². The first kappa shape index (κ1) is 16.3. The molecule has 2 rings (SSSR count). The van der Waals surface area contributed by atoms with Crippen molar-refractivity contribution in [2.24, 2.45) is 17.4 Å². The summed E-state index contributed by atoms with van der Waals surface area (Å²) in [5, 5.41) is 5.22. The number of carbonyl (C=O) groups excluding carboxylic acids is 2. The van der Waals surface area contributed by atoms with Gasteiger partial charge in [0.15, 0.2) is 0 Å². The molecule has 1 saturated carbocycles. The van der Waals surface area contributed by atoms with E-state index in [9.17, 15) is 9.59 Å². The molecule has 1 fully saturated rings. The predicted octanol–water partition coefficient (Wildman–Crippen LogP) is 1.07. The van der Waals surface area contributed by atoms with Crippen molar-refractivity contribution < 1.29 is 9.59 Å². The molecule has 3 amide bonds. The van der Waals surface area contributed by atoms with Gasteiger partial charge in [-0.25, -0.2) is 4.79 Å². The summed E-state index contributed by atoms with van der Waals surface area (Å²) in [7, 11) is 0. The second-order valence-electron chi connectivity index (χ2n) is 4.78. The SMILES string of the molecule is Cl.NC(=O)Nc1cccc(C(=O)NCC(N)C2CC2)c1. The van der Waals surface area contributed by atoms with Crippen LogP contribution in [0.15, 0.2) is 24.3 Å². The molecule has 0 heterocycles. The highest BCUT2D eigenvalue weighted by Gasteiger charge is 2.28. The van der Waals surface area contributed by atoms with Crippen LogP contribution in [0.4, 0.5) is 10.5 Å². The van der Waals surface area contributed by atoms with Crippen LogP contribution in [0.3, 0.4) is 0 Å². The van der Waals surface area contributed by atoms with Crippen LogP contribution in [0.5, 0.6) is 0 Å². The van der Waals surface area contributed by atoms with Crippen molar-refractivity contribution in [3.8, 4) is 0 Å². The van der Waals surface area contributed by atoms with E-state index in [4.69, 9.17) is 11.5 Å². The van der Waals surface area contributed by atoms with Crippen molar-refractivity contribution in [1.82, 2.24) is 5.32 Å². The van der Waals surface area contributed by atoms with Gasteiger partial charge < -0.3 is 22.1 Å². The number of nitrogens with one attached hydrogen (secondary N) is 2. The fraction of sp³-hybridized carbons (Fsp3) is 0.385. The van der Waals surface area contributed by atoms with Crippen LogP contribution in [0, 0.1) is 5.92 Å². The number of hydrogen-bond donors (Lipinski definition) is 4. The lowest BCUT2D eigenvalue weighted by molar-refractivity contribution is 0.0950. The second-order valence-corrected chi connectivity index (χ2v) is 4.78. The largest absolute Gasteiger partial charge is 0.351 e. The Morgan fingerprint density at radius 2 is 2.05 bits per heavy atom. The Hall–Kier alpha value is -1.79. The predicted molar refractivity (Wildman–Crippen MR) is 79.9 cm³/mol. The minimum absolute atomic E-state index is 0. The summed E-state index contributed by atoms with van der Waals surface area (Å²) >= 11 is 0. The van der Waals surface area contributed by atoms with Crippen molar-refractivity contribution in [1.29, 1.82) is 0 Å². The third-order valence-electron chi connectivity index (χ3n) is 3.12. The number of urea groups is 1. The molecular formula is C13H19ClN4O2. The molecule has 1 atom stereocenters. The lowest BCUT2D eigenvalue weighted by Crippen LogP contribution is -2.38. The van der Waals surface area contributed by atoms with Crippen LogP contribution in [-0.4, -0.2) is 24.5 Å². The van der Waals surface area contributed by atoms with Gasteiger partial charge in [-0.2, -0.15) is 0 Å². The summed E-state index contributed by atoms with van der Waals surface area (Å²) in [6.07, 6.45) is 2.30. The maximum Gasteiger partial charge on any atom is 0.316 e. The van der Waals surface area contributed by atoms with Crippen molar-refractivity contribution in [2.75, 3.05) is 11.9 Å². The zero-order chi connectivity index (χ0) is 13.8. The minimum Gasteiger partial charge on any atom is -0.351 e. The van der Waals surface area contributed by atoms with Gasteiger partial charge in [0.1, 0.15) is 0 Å². The topological polar surface area (TPSA) is 110 Å². The molecule has 1 unspecified atom stereocenters. The van der Waals surface area contributed by atoms with E-state index >= 15 is 0 Å². The molecule has 7 heteroatoms. The highest BCUT2D eigenvalue weighted by Crippen LogP contribution is 2.31. The van der Waals surface area contributed by atoms with Gasteiger partial charge >= 0.3 is 6.03 Å². The Bertz CT molecular complexity index is 491. The summed E-state index contributed by atoms with van der Waals surface area (Å²) in [5.41, 5.74) is 11.9. The zero-order valence-electron chi connectivity index (χ0n) is 11.0. The van der Waals surface area contributed by atoms with Gasteiger partial charge in [0.05, 0.1) is 0 Å². The van der Waals surface area contributed by atoms with Gasteiger partial charge in [0, 0.05) is 23.8 Å². The lowest BCUT2D eigenvalue weighted by Gasteiger charge is -2.12. The number of primary amides is 1. The summed E-state index contributed by atoms with van der Waals surface area (Å²) < 4.78 is 0. The molecule has 1 aliphatic rings. The Morgan fingerprint density at radius 3 is 2.65 bits per heavy atom. The van der Waals surface area contributed by atoms with Crippen molar-refractivity contribution >= 4 is 30.0 Å². The quantitative estimate of drug-likeness (QED) is 0.652. The van der Waals surface area contributed by atoms with E-state index in [0.717, 1.165) is 12.8 Å². The van der Waals surface area contributed by atoms with E-state index in [0.29, 0.717) is 23.7 Å². The maximum atomic E-state index is 11.9. The lowest BCUT2D eigenvalue weighted by atomic mass is 10.1. The van der Waals surface area contributed by atoms with E-state index in [1.807, 2.05) is 0 Å². The second kappa shape index (κ2) is 7.12. The van der Waals surface area contributed by atoms with Gasteiger partial charge in [-0.15, -0.1) is 12.4 Å². The fourth-order valence-corrected chi connectivity index (χ4v) is 1.88. The number of nitrogens with two attached hydrogens (primary N) is 2. The van der Waals surface area contributed by atoms with Gasteiger partial charge in [-0.05, 0) is 37.0 Å². The van der Waals surface area contributed by atoms with Crippen molar-refractivity contribution in [2.45, 2.75) is 18.9 Å². The minimum atomic E-state index is -0.659. The first-order valence-electron chi connectivity index (χ1n) is 6.26. The van der Waals surface area contributed by atoms with Crippen LogP contribution in [-0.2, 0) is 0 Å². The van der Waals surface area contributed by atoms with E-state index in [-0.39, 0.29) is 24.4 Å². The third-order valence-corrected chi connectivity index (χ3v) is 3.12. The fourth-order valence-electron chi connectivity index (χ4n) is 1.88. The summed E-state index contributed by atoms with van der Waals surface area (Å²) in [5.74, 6) is 0.340. The number of hydrogen-bond acceptors (Lipinski definition) is 3. The number of carbonyl (C=O) groups is 2. The molecule has 1 aromatic carbocycles. The Kier molecular flexibility index (Phi) is 5.79. The molecule has 6 nitrogen and oxygen atoms in total. The van der Waals surface area contributed by atoms with Crippen LogP contribution in [0.1, 0.15) is 23.2 Å². The normalized spacial score (nSPS) is 14.8. The van der Waals surface area contributed by atoms with E-state index in [1.54, 1.807) is 24.3 Å². The molecule has 0 aliphatic heterocycles. The number of anilines is 1. The van der Waals surface area contributed by atoms with Crippen molar-refractivity contribution in [3.05, 3.63) is 29.8 Å². The first-order valence-corrected chi connectivity index (χ1v) is 6.26. The monoisotopic (exact) mass is 298 g/mol. The average Bonchev–Trinajstić information content (AvgIpc) is 3.19. The Labute approximate surface area is 123 Å². The summed E-state index contributed by atoms with van der Waals surface area (Å²) in [4.78, 5) is 22.7. The maximum absolute atomic E-state index is 11.9. The molecule has 0 bridgehead atoms. The van der Waals surface area contributed by atoms with Gasteiger partial charge in [-0.1, -0.05) is 6.07 Å². The van der Waals surface area contributed by atoms with E-state index in [2.05, 4.69) is 10.6 Å². The molecule has 0 saturated heterocycles. The van der Waals surface area contributed by atoms with Crippen molar-refractivity contribution in [3.63, 3.8) is 0 Å². The number of halogens is 1. The average molecular weight is 299 g/mol. The van der Waals surface area contributed by atoms with Gasteiger partial charge in [-0.3, -0.25) is 4.79 Å². The van der Waals surface area contributed by atoms with Crippen LogP contribution >= 0.6 is 12.4 Å². The van der Waals surface area contributed by atoms with E-state index in [1.165, 1.54) is 0 Å². The molecule has 0 aromatic heterocycles. The van der Waals surface area contributed by atoms with E-state index < -0.39 is 6.03 Å². The number of rotatable bonds is 5. The molecule has 1 aromatic rings. The molecule has 110 valence electrons. The van der Waals surface area contributed by atoms with Crippen LogP contribution in [0.25, 0.3) is 0 Å². The first-order chi connectivity index (χ1) is 9.06. The third kappa shape index (κ3) is 4.71.